The highest BCUT2D eigenvalue weighted by Gasteiger charge is 2.36. The molecule has 0 atom stereocenters. The number of carbonyl (C=O) groups is 3. The predicted octanol–water partition coefficient (Wildman–Crippen LogP) is 7.56. The van der Waals surface area contributed by atoms with Gasteiger partial charge in [0.05, 0.1) is 25.1 Å². The fourth-order valence-electron chi connectivity index (χ4n) is 3.71. The van der Waals surface area contributed by atoms with Crippen molar-refractivity contribution in [2.45, 2.75) is 20.5 Å². The van der Waals surface area contributed by atoms with Crippen LogP contribution >= 0.6 is 57.6 Å². The van der Waals surface area contributed by atoms with Gasteiger partial charge in [-0.1, -0.05) is 41.4 Å². The second kappa shape index (κ2) is 13.1. The molecule has 0 radical (unpaired) electrons. The zero-order chi connectivity index (χ0) is 28.1. The Morgan fingerprint density at radius 3 is 2.59 bits per heavy atom. The van der Waals surface area contributed by atoms with Crippen molar-refractivity contribution in [3.8, 4) is 11.5 Å². The molecule has 4 rings (SSSR count). The fourth-order valence-corrected chi connectivity index (χ4v) is 5.65. The molecule has 1 fully saturated rings. The van der Waals surface area contributed by atoms with Crippen molar-refractivity contribution in [3.05, 3.63) is 89.8 Å². The Hall–Kier alpha value is -2.73. The summed E-state index contributed by atoms with van der Waals surface area (Å²) in [5, 5.41) is 3.12. The molecule has 3 amide bonds. The zero-order valence-corrected chi connectivity index (χ0v) is 25.4. The van der Waals surface area contributed by atoms with E-state index in [0.717, 1.165) is 31.4 Å². The highest BCUT2D eigenvalue weighted by molar-refractivity contribution is 14.1. The Bertz CT molecular complexity index is 1480. The van der Waals surface area contributed by atoms with Crippen LogP contribution in [0.25, 0.3) is 6.08 Å². The first-order valence-corrected chi connectivity index (χ1v) is 14.4. The molecule has 0 unspecified atom stereocenters. The standard InChI is InChI=1S/C28H23Cl2IN2O5S/c1-3-37-23-12-18(11-22(31)26(23)38-15-17-7-8-20(29)21(30)10-17)13-24-27(35)33(28(36)39-24)14-25(34)32-19-6-4-5-16(2)9-19/h4-13H,3,14-15H2,1-2H3,(H,32,34)/b24-13-. The number of anilines is 1. The number of aryl methyl sites for hydroxylation is 1. The van der Waals surface area contributed by atoms with E-state index in [1.54, 1.807) is 36.4 Å². The number of carbonyl (C=O) groups excluding carboxylic acids is 3. The largest absolute Gasteiger partial charge is 0.490 e. The number of ether oxygens (including phenoxy) is 2. The molecule has 1 saturated heterocycles. The Morgan fingerprint density at radius 1 is 1.08 bits per heavy atom. The summed E-state index contributed by atoms with van der Waals surface area (Å²) in [4.78, 5) is 39.2. The lowest BCUT2D eigenvalue weighted by molar-refractivity contribution is -0.127. The molecule has 0 aromatic heterocycles. The van der Waals surface area contributed by atoms with Gasteiger partial charge in [0.1, 0.15) is 13.2 Å². The van der Waals surface area contributed by atoms with Crippen molar-refractivity contribution in [2.24, 2.45) is 0 Å². The molecule has 0 aliphatic carbocycles. The van der Waals surface area contributed by atoms with E-state index in [0.29, 0.717) is 39.4 Å². The maximum atomic E-state index is 13.0. The number of halogens is 3. The molecule has 0 spiro atoms. The van der Waals surface area contributed by atoms with Crippen LogP contribution in [-0.2, 0) is 16.2 Å². The van der Waals surface area contributed by atoms with E-state index < -0.39 is 17.1 Å². The van der Waals surface area contributed by atoms with Gasteiger partial charge in [0, 0.05) is 5.69 Å². The third kappa shape index (κ3) is 7.47. The molecular weight excluding hydrogens is 674 g/mol. The normalized spacial score (nSPS) is 14.2. The summed E-state index contributed by atoms with van der Waals surface area (Å²) in [6.45, 7) is 4.03. The summed E-state index contributed by atoms with van der Waals surface area (Å²) >= 11 is 15.0. The molecule has 39 heavy (non-hydrogen) atoms. The van der Waals surface area contributed by atoms with Gasteiger partial charge < -0.3 is 14.8 Å². The predicted molar refractivity (Wildman–Crippen MR) is 164 cm³/mol. The maximum Gasteiger partial charge on any atom is 0.294 e. The number of hydrogen-bond donors (Lipinski definition) is 1. The van der Waals surface area contributed by atoms with Crippen LogP contribution in [-0.4, -0.2) is 35.1 Å². The van der Waals surface area contributed by atoms with Crippen LogP contribution in [0.5, 0.6) is 11.5 Å². The van der Waals surface area contributed by atoms with E-state index >= 15 is 0 Å². The van der Waals surface area contributed by atoms with Crippen LogP contribution < -0.4 is 14.8 Å². The molecule has 3 aromatic rings. The number of hydrogen-bond acceptors (Lipinski definition) is 6. The second-order valence-electron chi connectivity index (χ2n) is 8.49. The number of nitrogens with zero attached hydrogens (tertiary/aromatic N) is 1. The van der Waals surface area contributed by atoms with Crippen molar-refractivity contribution >= 4 is 86.4 Å². The number of benzene rings is 3. The van der Waals surface area contributed by atoms with Crippen molar-refractivity contribution in [3.63, 3.8) is 0 Å². The van der Waals surface area contributed by atoms with Gasteiger partial charge in [-0.2, -0.15) is 0 Å². The summed E-state index contributed by atoms with van der Waals surface area (Å²) in [7, 11) is 0. The van der Waals surface area contributed by atoms with Gasteiger partial charge in [-0.3, -0.25) is 19.3 Å². The maximum absolute atomic E-state index is 13.0. The Kier molecular flexibility index (Phi) is 9.81. The van der Waals surface area contributed by atoms with Crippen LogP contribution in [0.15, 0.2) is 59.5 Å². The average Bonchev–Trinajstić information content (AvgIpc) is 3.13. The Morgan fingerprint density at radius 2 is 1.87 bits per heavy atom. The highest BCUT2D eigenvalue weighted by Crippen LogP contribution is 2.38. The number of imide groups is 1. The first kappa shape index (κ1) is 29.3. The summed E-state index contributed by atoms with van der Waals surface area (Å²) in [5.41, 5.74) is 3.07. The molecule has 202 valence electrons. The molecular formula is C28H23Cl2IN2O5S. The summed E-state index contributed by atoms with van der Waals surface area (Å²) < 4.78 is 12.6. The molecule has 1 heterocycles. The summed E-state index contributed by atoms with van der Waals surface area (Å²) in [6.07, 6.45) is 1.61. The van der Waals surface area contributed by atoms with Gasteiger partial charge in [0.15, 0.2) is 11.5 Å². The smallest absolute Gasteiger partial charge is 0.294 e. The molecule has 1 aliphatic heterocycles. The third-order valence-electron chi connectivity index (χ3n) is 5.47. The van der Waals surface area contributed by atoms with Crippen molar-refractivity contribution in [1.29, 1.82) is 0 Å². The monoisotopic (exact) mass is 696 g/mol. The fraction of sp³-hybridized carbons (Fsp3) is 0.179. The van der Waals surface area contributed by atoms with Gasteiger partial charge in [0.2, 0.25) is 5.91 Å². The van der Waals surface area contributed by atoms with E-state index in [1.807, 2.05) is 38.1 Å². The third-order valence-corrected chi connectivity index (χ3v) is 7.92. The van der Waals surface area contributed by atoms with Crippen LogP contribution in [0.2, 0.25) is 10.0 Å². The summed E-state index contributed by atoms with van der Waals surface area (Å²) in [5.74, 6) is 0.0483. The minimum atomic E-state index is -0.530. The van der Waals surface area contributed by atoms with Crippen molar-refractivity contribution in [2.75, 3.05) is 18.5 Å². The first-order valence-electron chi connectivity index (χ1n) is 11.8. The topological polar surface area (TPSA) is 84.9 Å². The first-order chi connectivity index (χ1) is 18.6. The lowest BCUT2D eigenvalue weighted by atomic mass is 10.1. The molecule has 1 aliphatic rings. The van der Waals surface area contributed by atoms with E-state index in [2.05, 4.69) is 27.9 Å². The van der Waals surface area contributed by atoms with Gasteiger partial charge in [-0.25, -0.2) is 0 Å². The zero-order valence-electron chi connectivity index (χ0n) is 20.9. The molecule has 3 aromatic carbocycles. The number of rotatable bonds is 9. The minimum Gasteiger partial charge on any atom is -0.490 e. The van der Waals surface area contributed by atoms with Crippen molar-refractivity contribution < 1.29 is 23.9 Å². The van der Waals surface area contributed by atoms with Crippen molar-refractivity contribution in [1.82, 2.24) is 4.90 Å². The number of nitrogens with one attached hydrogen (secondary N) is 1. The lowest BCUT2D eigenvalue weighted by Gasteiger charge is -2.15. The van der Waals surface area contributed by atoms with E-state index in [9.17, 15) is 14.4 Å². The highest BCUT2D eigenvalue weighted by atomic mass is 127. The SMILES string of the molecule is CCOc1cc(/C=C2\SC(=O)N(CC(=O)Nc3cccc(C)c3)C2=O)cc(I)c1OCc1ccc(Cl)c(Cl)c1. The molecule has 11 heteroatoms. The van der Waals surface area contributed by atoms with Crippen LogP contribution in [0.3, 0.4) is 0 Å². The molecule has 1 N–H and O–H groups in total. The average molecular weight is 697 g/mol. The second-order valence-corrected chi connectivity index (χ2v) is 11.5. The quantitative estimate of drug-likeness (QED) is 0.184. The van der Waals surface area contributed by atoms with Crippen LogP contribution in [0.1, 0.15) is 23.6 Å². The minimum absolute atomic E-state index is 0.214. The molecule has 0 bridgehead atoms. The van der Waals surface area contributed by atoms with Crippen LogP contribution in [0.4, 0.5) is 10.5 Å². The van der Waals surface area contributed by atoms with Crippen LogP contribution in [0, 0.1) is 10.5 Å². The van der Waals surface area contributed by atoms with Gasteiger partial charge in [0.25, 0.3) is 11.1 Å². The number of thioether (sulfide) groups is 1. The van der Waals surface area contributed by atoms with Gasteiger partial charge in [-0.15, -0.1) is 0 Å². The molecule has 7 nitrogen and oxygen atoms in total. The summed E-state index contributed by atoms with van der Waals surface area (Å²) in [6, 6.07) is 16.1. The lowest BCUT2D eigenvalue weighted by Crippen LogP contribution is -2.36. The van der Waals surface area contributed by atoms with E-state index in [4.69, 9.17) is 32.7 Å². The van der Waals surface area contributed by atoms with Gasteiger partial charge in [-0.05, 0) is 107 Å². The van der Waals surface area contributed by atoms with Gasteiger partial charge >= 0.3 is 0 Å². The van der Waals surface area contributed by atoms with E-state index in [-0.39, 0.29) is 18.1 Å². The Balaban J connectivity index is 1.49. The van der Waals surface area contributed by atoms with E-state index in [1.165, 1.54) is 0 Å². The molecule has 0 saturated carbocycles. The number of amides is 3. The Labute approximate surface area is 254 Å².